The van der Waals surface area contributed by atoms with Crippen LogP contribution >= 0.6 is 11.6 Å². The lowest BCUT2D eigenvalue weighted by Crippen LogP contribution is -2.48. The Labute approximate surface area is 153 Å². The summed E-state index contributed by atoms with van der Waals surface area (Å²) in [6.07, 6.45) is 0. The van der Waals surface area contributed by atoms with Gasteiger partial charge in [-0.3, -0.25) is 19.4 Å². The van der Waals surface area contributed by atoms with Crippen LogP contribution in [0.25, 0.3) is 0 Å². The Balaban J connectivity index is 2.22. The zero-order valence-corrected chi connectivity index (χ0v) is 15.9. The Morgan fingerprint density at radius 3 is 2.12 bits per heavy atom. The summed E-state index contributed by atoms with van der Waals surface area (Å²) in [7, 11) is 0. The Morgan fingerprint density at radius 2 is 1.64 bits per heavy atom. The maximum Gasteiger partial charge on any atom is 0.332 e. The fourth-order valence-electron chi connectivity index (χ4n) is 3.20. The SMILES string of the molecule is CC(C)N(C(=O)CN1C(=O)[C@@H](C)N(c2ccc(Cl)cc2)C1=O)C(C)C. The summed E-state index contributed by atoms with van der Waals surface area (Å²) in [5.41, 5.74) is 0.578. The number of amides is 4. The number of carbonyl (C=O) groups is 3. The van der Waals surface area contributed by atoms with Crippen LogP contribution in [-0.2, 0) is 9.59 Å². The maximum atomic E-state index is 12.7. The molecule has 1 atom stereocenters. The summed E-state index contributed by atoms with van der Waals surface area (Å²) in [5, 5.41) is 0.547. The molecule has 136 valence electrons. The van der Waals surface area contributed by atoms with E-state index in [1.807, 2.05) is 27.7 Å². The molecule has 0 N–H and O–H groups in total. The van der Waals surface area contributed by atoms with E-state index in [4.69, 9.17) is 11.6 Å². The predicted octanol–water partition coefficient (Wildman–Crippen LogP) is 3.14. The van der Waals surface area contributed by atoms with Gasteiger partial charge < -0.3 is 4.90 Å². The topological polar surface area (TPSA) is 60.9 Å². The molecule has 1 aliphatic heterocycles. The van der Waals surface area contributed by atoms with Crippen LogP contribution in [0.4, 0.5) is 10.5 Å². The molecular weight excluding hydrogens is 342 g/mol. The number of nitrogens with zero attached hydrogens (tertiary/aromatic N) is 3. The largest absolute Gasteiger partial charge is 0.336 e. The molecule has 0 saturated carbocycles. The van der Waals surface area contributed by atoms with Crippen LogP contribution in [0, 0.1) is 0 Å². The van der Waals surface area contributed by atoms with Gasteiger partial charge in [-0.25, -0.2) is 4.79 Å². The van der Waals surface area contributed by atoms with Crippen molar-refractivity contribution in [1.82, 2.24) is 9.80 Å². The van der Waals surface area contributed by atoms with Gasteiger partial charge in [0.05, 0.1) is 0 Å². The van der Waals surface area contributed by atoms with Crippen molar-refractivity contribution in [2.45, 2.75) is 52.7 Å². The molecule has 0 aliphatic carbocycles. The van der Waals surface area contributed by atoms with Crippen molar-refractivity contribution in [3.8, 4) is 0 Å². The van der Waals surface area contributed by atoms with Gasteiger partial charge in [-0.15, -0.1) is 0 Å². The van der Waals surface area contributed by atoms with Crippen LogP contribution in [0.5, 0.6) is 0 Å². The highest BCUT2D eigenvalue weighted by molar-refractivity contribution is 6.30. The van der Waals surface area contributed by atoms with Crippen LogP contribution in [0.3, 0.4) is 0 Å². The molecule has 1 aromatic carbocycles. The molecule has 7 heteroatoms. The summed E-state index contributed by atoms with van der Waals surface area (Å²) in [5.74, 6) is -0.613. The van der Waals surface area contributed by atoms with Crippen molar-refractivity contribution in [2.24, 2.45) is 0 Å². The molecule has 0 unspecified atom stereocenters. The summed E-state index contributed by atoms with van der Waals surface area (Å²) in [6.45, 7) is 9.05. The van der Waals surface area contributed by atoms with E-state index in [1.165, 1.54) is 4.90 Å². The number of urea groups is 1. The van der Waals surface area contributed by atoms with Crippen molar-refractivity contribution in [1.29, 1.82) is 0 Å². The van der Waals surface area contributed by atoms with Crippen molar-refractivity contribution in [2.75, 3.05) is 11.4 Å². The van der Waals surface area contributed by atoms with E-state index in [-0.39, 0.29) is 30.4 Å². The standard InChI is InChI=1S/C18H24ClN3O3/c1-11(2)21(12(3)4)16(23)10-20-17(24)13(5)22(18(20)25)15-8-6-14(19)7-9-15/h6-9,11-13H,10H2,1-5H3/t13-/m1/s1. The first-order chi connectivity index (χ1) is 11.6. The monoisotopic (exact) mass is 365 g/mol. The quantitative estimate of drug-likeness (QED) is 0.753. The van der Waals surface area contributed by atoms with Gasteiger partial charge in [0.2, 0.25) is 5.91 Å². The fraction of sp³-hybridized carbons (Fsp3) is 0.500. The molecule has 1 aliphatic rings. The number of hydrogen-bond donors (Lipinski definition) is 0. The number of halogens is 1. The third-order valence-electron chi connectivity index (χ3n) is 4.25. The van der Waals surface area contributed by atoms with Gasteiger partial charge in [-0.05, 0) is 58.9 Å². The third kappa shape index (κ3) is 3.79. The van der Waals surface area contributed by atoms with Crippen LogP contribution in [-0.4, -0.2) is 52.3 Å². The van der Waals surface area contributed by atoms with E-state index in [0.717, 1.165) is 4.90 Å². The zero-order chi connectivity index (χ0) is 18.9. The molecule has 0 aromatic heterocycles. The van der Waals surface area contributed by atoms with Gasteiger partial charge in [0.1, 0.15) is 12.6 Å². The number of rotatable bonds is 5. The summed E-state index contributed by atoms with van der Waals surface area (Å²) < 4.78 is 0. The average molecular weight is 366 g/mol. The highest BCUT2D eigenvalue weighted by atomic mass is 35.5. The Kier molecular flexibility index (Phi) is 5.72. The molecule has 1 aromatic rings. The van der Waals surface area contributed by atoms with Crippen molar-refractivity contribution in [3.05, 3.63) is 29.3 Å². The number of hydrogen-bond acceptors (Lipinski definition) is 3. The Hall–Kier alpha value is -2.08. The molecule has 0 bridgehead atoms. The second kappa shape index (κ2) is 7.44. The minimum absolute atomic E-state index is 0.00917. The highest BCUT2D eigenvalue weighted by Gasteiger charge is 2.44. The van der Waals surface area contributed by atoms with Gasteiger partial charge in [0.15, 0.2) is 0 Å². The van der Waals surface area contributed by atoms with E-state index < -0.39 is 12.1 Å². The smallest absolute Gasteiger partial charge is 0.332 e. The molecule has 2 rings (SSSR count). The van der Waals surface area contributed by atoms with E-state index in [1.54, 1.807) is 36.1 Å². The van der Waals surface area contributed by atoms with E-state index in [2.05, 4.69) is 0 Å². The molecule has 1 saturated heterocycles. The third-order valence-corrected chi connectivity index (χ3v) is 4.50. The van der Waals surface area contributed by atoms with Gasteiger partial charge in [-0.2, -0.15) is 0 Å². The lowest BCUT2D eigenvalue weighted by molar-refractivity contribution is -0.139. The molecule has 1 fully saturated rings. The Bertz CT molecular complexity index is 665. The average Bonchev–Trinajstić information content (AvgIpc) is 2.71. The molecular formula is C18H24ClN3O3. The number of carbonyl (C=O) groups excluding carboxylic acids is 3. The fourth-order valence-corrected chi connectivity index (χ4v) is 3.32. The lowest BCUT2D eigenvalue weighted by Gasteiger charge is -2.31. The van der Waals surface area contributed by atoms with Crippen LogP contribution in [0.15, 0.2) is 24.3 Å². The van der Waals surface area contributed by atoms with Gasteiger partial charge >= 0.3 is 6.03 Å². The highest BCUT2D eigenvalue weighted by Crippen LogP contribution is 2.27. The normalized spacial score (nSPS) is 17.8. The minimum atomic E-state index is -0.659. The molecule has 4 amide bonds. The number of anilines is 1. The molecule has 25 heavy (non-hydrogen) atoms. The Morgan fingerprint density at radius 1 is 1.12 bits per heavy atom. The van der Waals surface area contributed by atoms with Crippen molar-refractivity contribution in [3.63, 3.8) is 0 Å². The van der Waals surface area contributed by atoms with Gasteiger partial charge in [0.25, 0.3) is 5.91 Å². The van der Waals surface area contributed by atoms with E-state index >= 15 is 0 Å². The molecule has 6 nitrogen and oxygen atoms in total. The minimum Gasteiger partial charge on any atom is -0.336 e. The molecule has 0 radical (unpaired) electrons. The summed E-state index contributed by atoms with van der Waals surface area (Å²) >= 11 is 5.88. The maximum absolute atomic E-state index is 12.7. The first-order valence-corrected chi connectivity index (χ1v) is 8.74. The van der Waals surface area contributed by atoms with Crippen molar-refractivity contribution < 1.29 is 14.4 Å². The van der Waals surface area contributed by atoms with Gasteiger partial charge in [0, 0.05) is 22.8 Å². The van der Waals surface area contributed by atoms with Crippen LogP contribution in [0.1, 0.15) is 34.6 Å². The second-order valence-corrected chi connectivity index (χ2v) is 7.15. The predicted molar refractivity (Wildman–Crippen MR) is 97.6 cm³/mol. The van der Waals surface area contributed by atoms with Crippen molar-refractivity contribution >= 4 is 35.1 Å². The van der Waals surface area contributed by atoms with Gasteiger partial charge in [-0.1, -0.05) is 11.6 Å². The number of benzene rings is 1. The summed E-state index contributed by atoms with van der Waals surface area (Å²) in [4.78, 5) is 42.0. The molecule has 0 spiro atoms. The van der Waals surface area contributed by atoms with E-state index in [9.17, 15) is 14.4 Å². The summed E-state index contributed by atoms with van der Waals surface area (Å²) in [6, 6.07) is 5.53. The van der Waals surface area contributed by atoms with E-state index in [0.29, 0.717) is 10.7 Å². The first kappa shape index (κ1) is 19.2. The molecule has 1 heterocycles. The lowest BCUT2D eigenvalue weighted by atomic mass is 10.2. The van der Waals surface area contributed by atoms with Crippen LogP contribution in [0.2, 0.25) is 5.02 Å². The zero-order valence-electron chi connectivity index (χ0n) is 15.2. The second-order valence-electron chi connectivity index (χ2n) is 6.72. The van der Waals surface area contributed by atoms with Crippen LogP contribution < -0.4 is 4.90 Å². The number of imide groups is 1. The first-order valence-electron chi connectivity index (χ1n) is 8.36.